The lowest BCUT2D eigenvalue weighted by Gasteiger charge is -2.23. The van der Waals surface area contributed by atoms with Crippen molar-refractivity contribution in [2.45, 2.75) is 33.6 Å². The third-order valence-corrected chi connectivity index (χ3v) is 5.24. The van der Waals surface area contributed by atoms with E-state index in [0.717, 1.165) is 45.5 Å². The number of nitrogen functional groups attached to an aromatic ring is 2. The Hall–Kier alpha value is -2.95. The van der Waals surface area contributed by atoms with E-state index < -0.39 is 23.4 Å². The molecule has 0 spiro atoms. The Morgan fingerprint density at radius 3 is 1.18 bits per heavy atom. The topological polar surface area (TPSA) is 52.0 Å². The SMILES string of the molecule is Cc1cc(C(c2cc(C)c(N)c(C)c2)c2cc(F)c(F)c(F)c2)cc(C)c1N. The molecule has 0 radical (unpaired) electrons. The van der Waals surface area contributed by atoms with Gasteiger partial charge in [0, 0.05) is 17.3 Å². The first-order chi connectivity index (χ1) is 13.1. The van der Waals surface area contributed by atoms with E-state index in [1.54, 1.807) is 0 Å². The van der Waals surface area contributed by atoms with E-state index in [0.29, 0.717) is 16.9 Å². The Kier molecular flexibility index (Phi) is 5.11. The Morgan fingerprint density at radius 1 is 0.571 bits per heavy atom. The van der Waals surface area contributed by atoms with E-state index in [1.165, 1.54) is 0 Å². The van der Waals surface area contributed by atoms with Crippen molar-refractivity contribution in [3.05, 3.63) is 92.8 Å². The molecule has 0 bridgehead atoms. The first-order valence-electron chi connectivity index (χ1n) is 8.97. The molecule has 0 unspecified atom stereocenters. The Morgan fingerprint density at radius 2 is 0.857 bits per heavy atom. The van der Waals surface area contributed by atoms with E-state index >= 15 is 0 Å². The molecule has 0 atom stereocenters. The van der Waals surface area contributed by atoms with Crippen LogP contribution in [0.4, 0.5) is 24.5 Å². The summed E-state index contributed by atoms with van der Waals surface area (Å²) in [6, 6.07) is 9.68. The van der Waals surface area contributed by atoms with Crippen molar-refractivity contribution in [1.29, 1.82) is 0 Å². The summed E-state index contributed by atoms with van der Waals surface area (Å²) < 4.78 is 41.6. The van der Waals surface area contributed by atoms with E-state index in [-0.39, 0.29) is 0 Å². The fraction of sp³-hybridized carbons (Fsp3) is 0.217. The number of rotatable bonds is 3. The molecular formula is C23H23F3N2. The molecule has 3 rings (SSSR count). The predicted molar refractivity (Wildman–Crippen MR) is 108 cm³/mol. The minimum Gasteiger partial charge on any atom is -0.398 e. The molecule has 2 nitrogen and oxygen atoms in total. The van der Waals surface area contributed by atoms with Crippen molar-refractivity contribution >= 4 is 11.4 Å². The van der Waals surface area contributed by atoms with Crippen LogP contribution in [-0.4, -0.2) is 0 Å². The smallest absolute Gasteiger partial charge is 0.194 e. The fourth-order valence-corrected chi connectivity index (χ4v) is 3.67. The van der Waals surface area contributed by atoms with Crippen LogP contribution in [0.2, 0.25) is 0 Å². The summed E-state index contributed by atoms with van der Waals surface area (Å²) in [4.78, 5) is 0. The van der Waals surface area contributed by atoms with Gasteiger partial charge in [0.25, 0.3) is 0 Å². The fourth-order valence-electron chi connectivity index (χ4n) is 3.67. The number of benzene rings is 3. The number of hydrogen-bond acceptors (Lipinski definition) is 2. The molecule has 0 heterocycles. The largest absolute Gasteiger partial charge is 0.398 e. The highest BCUT2D eigenvalue weighted by molar-refractivity contribution is 5.60. The van der Waals surface area contributed by atoms with E-state index in [2.05, 4.69) is 0 Å². The molecule has 0 saturated heterocycles. The number of aryl methyl sites for hydroxylation is 4. The maximum atomic E-state index is 14.0. The molecule has 0 aliphatic heterocycles. The first-order valence-corrected chi connectivity index (χ1v) is 8.97. The molecule has 0 aliphatic rings. The zero-order valence-electron chi connectivity index (χ0n) is 16.3. The van der Waals surface area contributed by atoms with Crippen LogP contribution < -0.4 is 11.5 Å². The van der Waals surface area contributed by atoms with Crippen molar-refractivity contribution in [1.82, 2.24) is 0 Å². The minimum atomic E-state index is -1.48. The molecular weight excluding hydrogens is 361 g/mol. The molecule has 0 saturated carbocycles. The van der Waals surface area contributed by atoms with Gasteiger partial charge in [-0.25, -0.2) is 13.2 Å². The minimum absolute atomic E-state index is 0.323. The second kappa shape index (κ2) is 7.23. The molecule has 4 N–H and O–H groups in total. The van der Waals surface area contributed by atoms with Gasteiger partial charge in [0.1, 0.15) is 0 Å². The Labute approximate surface area is 163 Å². The summed E-state index contributed by atoms with van der Waals surface area (Å²) in [7, 11) is 0. The molecule has 0 aromatic heterocycles. The highest BCUT2D eigenvalue weighted by atomic mass is 19.2. The average molecular weight is 384 g/mol. The number of hydrogen-bond donors (Lipinski definition) is 2. The highest BCUT2D eigenvalue weighted by Crippen LogP contribution is 2.37. The van der Waals surface area contributed by atoms with Crippen LogP contribution in [0.25, 0.3) is 0 Å². The third-order valence-electron chi connectivity index (χ3n) is 5.24. The lowest BCUT2D eigenvalue weighted by Crippen LogP contribution is -2.09. The molecule has 146 valence electrons. The van der Waals surface area contributed by atoms with Crippen LogP contribution in [0.5, 0.6) is 0 Å². The Bertz CT molecular complexity index is 868. The molecule has 5 heteroatoms. The van der Waals surface area contributed by atoms with Crippen LogP contribution in [0.1, 0.15) is 44.9 Å². The third kappa shape index (κ3) is 3.44. The van der Waals surface area contributed by atoms with Crippen LogP contribution >= 0.6 is 0 Å². The van der Waals surface area contributed by atoms with Gasteiger partial charge in [-0.15, -0.1) is 0 Å². The Balaban J connectivity index is 2.32. The maximum absolute atomic E-state index is 14.0. The zero-order chi connectivity index (χ0) is 20.7. The zero-order valence-corrected chi connectivity index (χ0v) is 16.3. The monoisotopic (exact) mass is 384 g/mol. The van der Waals surface area contributed by atoms with Gasteiger partial charge in [0.15, 0.2) is 17.5 Å². The van der Waals surface area contributed by atoms with Crippen LogP contribution in [0.15, 0.2) is 36.4 Å². The van der Waals surface area contributed by atoms with Gasteiger partial charge in [-0.2, -0.15) is 0 Å². The van der Waals surface area contributed by atoms with Gasteiger partial charge in [-0.3, -0.25) is 0 Å². The summed E-state index contributed by atoms with van der Waals surface area (Å²) in [6.45, 7) is 7.53. The summed E-state index contributed by atoms with van der Waals surface area (Å²) in [5.41, 5.74) is 18.9. The number of nitrogens with two attached hydrogens (primary N) is 2. The summed E-state index contributed by atoms with van der Waals surface area (Å²) in [5.74, 6) is -4.40. The second-order valence-corrected chi connectivity index (χ2v) is 7.37. The average Bonchev–Trinajstić information content (AvgIpc) is 2.62. The molecule has 28 heavy (non-hydrogen) atoms. The summed E-state index contributed by atoms with van der Waals surface area (Å²) in [5, 5.41) is 0. The number of anilines is 2. The quantitative estimate of drug-likeness (QED) is 0.347. The molecule has 3 aromatic carbocycles. The summed E-state index contributed by atoms with van der Waals surface area (Å²) in [6.07, 6.45) is 0. The predicted octanol–water partition coefficient (Wildman–Crippen LogP) is 5.68. The standard InChI is InChI=1S/C23H23F3N2/c1-11-5-15(6-12(2)22(11)27)20(16-7-13(3)23(28)14(4)8-16)17-9-18(24)21(26)19(25)10-17/h5-10,20H,27-28H2,1-4H3. The number of halogens is 3. The molecule has 3 aromatic rings. The van der Waals surface area contributed by atoms with E-state index in [9.17, 15) is 13.2 Å². The van der Waals surface area contributed by atoms with Crippen LogP contribution in [-0.2, 0) is 0 Å². The van der Waals surface area contributed by atoms with Gasteiger partial charge in [-0.05, 0) is 78.8 Å². The summed E-state index contributed by atoms with van der Waals surface area (Å²) >= 11 is 0. The van der Waals surface area contributed by atoms with Gasteiger partial charge in [-0.1, -0.05) is 24.3 Å². The lowest BCUT2D eigenvalue weighted by molar-refractivity contribution is 0.445. The van der Waals surface area contributed by atoms with Gasteiger partial charge in [0.2, 0.25) is 0 Å². The van der Waals surface area contributed by atoms with Gasteiger partial charge < -0.3 is 11.5 Å². The van der Waals surface area contributed by atoms with Crippen molar-refractivity contribution in [2.24, 2.45) is 0 Å². The van der Waals surface area contributed by atoms with E-state index in [4.69, 9.17) is 11.5 Å². The van der Waals surface area contributed by atoms with E-state index in [1.807, 2.05) is 52.0 Å². The van der Waals surface area contributed by atoms with Crippen LogP contribution in [0, 0.1) is 45.1 Å². The van der Waals surface area contributed by atoms with Gasteiger partial charge >= 0.3 is 0 Å². The molecule has 0 amide bonds. The maximum Gasteiger partial charge on any atom is 0.194 e. The molecule has 0 fully saturated rings. The molecule has 0 aliphatic carbocycles. The second-order valence-electron chi connectivity index (χ2n) is 7.37. The normalized spacial score (nSPS) is 11.3. The highest BCUT2D eigenvalue weighted by Gasteiger charge is 2.23. The first kappa shape index (κ1) is 19.8. The van der Waals surface area contributed by atoms with Crippen LogP contribution in [0.3, 0.4) is 0 Å². The van der Waals surface area contributed by atoms with Crippen molar-refractivity contribution < 1.29 is 13.2 Å². The van der Waals surface area contributed by atoms with Crippen molar-refractivity contribution in [2.75, 3.05) is 11.5 Å². The van der Waals surface area contributed by atoms with Gasteiger partial charge in [0.05, 0.1) is 0 Å². The van der Waals surface area contributed by atoms with Crippen molar-refractivity contribution in [3.63, 3.8) is 0 Å². The lowest BCUT2D eigenvalue weighted by atomic mass is 9.82. The van der Waals surface area contributed by atoms with Crippen molar-refractivity contribution in [3.8, 4) is 0 Å².